The lowest BCUT2D eigenvalue weighted by molar-refractivity contribution is -0.180. The van der Waals surface area contributed by atoms with Gasteiger partial charge in [0.2, 0.25) is 0 Å². The summed E-state index contributed by atoms with van der Waals surface area (Å²) in [7, 11) is 1.29. The van der Waals surface area contributed by atoms with Gasteiger partial charge in [0, 0.05) is 23.4 Å². The summed E-state index contributed by atoms with van der Waals surface area (Å²) in [5.41, 5.74) is 4.20. The topological polar surface area (TPSA) is 98.1 Å². The first kappa shape index (κ1) is 21.4. The van der Waals surface area contributed by atoms with E-state index in [1.54, 1.807) is 6.92 Å². The molecule has 30 heavy (non-hydrogen) atoms. The number of primary amides is 1. The van der Waals surface area contributed by atoms with Crippen LogP contribution in [-0.2, 0) is 5.41 Å². The molecule has 3 rings (SSSR count). The summed E-state index contributed by atoms with van der Waals surface area (Å²) in [6.07, 6.45) is -3.14. The first-order chi connectivity index (χ1) is 13.9. The maximum Gasteiger partial charge on any atom is 0.398 e. The Hall–Kier alpha value is -3.36. The number of H-pyrrole nitrogens is 1. The molecule has 0 saturated heterocycles. The van der Waals surface area contributed by atoms with Gasteiger partial charge in [-0.1, -0.05) is 6.07 Å². The number of benzene rings is 1. The van der Waals surface area contributed by atoms with Crippen molar-refractivity contribution in [2.75, 3.05) is 7.11 Å². The van der Waals surface area contributed by atoms with E-state index in [0.717, 1.165) is 13.8 Å². The van der Waals surface area contributed by atoms with Gasteiger partial charge in [-0.25, -0.2) is 0 Å². The summed E-state index contributed by atoms with van der Waals surface area (Å²) in [6.45, 7) is 3.81. The van der Waals surface area contributed by atoms with Crippen molar-refractivity contribution >= 4 is 16.8 Å². The zero-order chi connectivity index (χ0) is 22.4. The average Bonchev–Trinajstić information content (AvgIpc) is 2.66. The number of aromatic nitrogens is 2. The van der Waals surface area contributed by atoms with Crippen LogP contribution in [0.1, 0.15) is 35.5 Å². The van der Waals surface area contributed by atoms with Gasteiger partial charge >= 0.3 is 6.18 Å². The Morgan fingerprint density at radius 2 is 1.87 bits per heavy atom. The van der Waals surface area contributed by atoms with Gasteiger partial charge < -0.3 is 15.5 Å². The molecule has 3 N–H and O–H groups in total. The number of hydrogen-bond acceptors (Lipinski definition) is 4. The van der Waals surface area contributed by atoms with E-state index in [-0.39, 0.29) is 22.4 Å². The van der Waals surface area contributed by atoms with E-state index in [4.69, 9.17) is 10.5 Å². The molecule has 0 fully saturated rings. The van der Waals surface area contributed by atoms with E-state index in [2.05, 4.69) is 9.97 Å². The van der Waals surface area contributed by atoms with Gasteiger partial charge in [-0.2, -0.15) is 13.2 Å². The van der Waals surface area contributed by atoms with Crippen molar-refractivity contribution in [1.29, 1.82) is 0 Å². The normalized spacial score (nSPS) is 12.2. The van der Waals surface area contributed by atoms with Crippen LogP contribution in [0.15, 0.2) is 35.3 Å². The van der Waals surface area contributed by atoms with Crippen LogP contribution in [0.3, 0.4) is 0 Å². The number of aromatic amines is 1. The van der Waals surface area contributed by atoms with Crippen molar-refractivity contribution in [3.63, 3.8) is 0 Å². The molecule has 6 nitrogen and oxygen atoms in total. The number of halogens is 3. The zero-order valence-electron chi connectivity index (χ0n) is 16.8. The fourth-order valence-electron chi connectivity index (χ4n) is 3.32. The lowest BCUT2D eigenvalue weighted by Crippen LogP contribution is -2.36. The second-order valence-corrected chi connectivity index (χ2v) is 7.48. The third kappa shape index (κ3) is 3.40. The molecular formula is C21H20F3N3O3. The van der Waals surface area contributed by atoms with Crippen molar-refractivity contribution in [1.82, 2.24) is 9.97 Å². The molecule has 0 spiro atoms. The third-order valence-electron chi connectivity index (χ3n) is 5.19. The number of methoxy groups -OCH3 is 1. The van der Waals surface area contributed by atoms with Crippen LogP contribution < -0.4 is 15.9 Å². The molecule has 1 aromatic carbocycles. The molecule has 3 aromatic rings. The maximum atomic E-state index is 13.6. The molecule has 0 bridgehead atoms. The Balaban J connectivity index is 2.26. The number of hydrogen-bond donors (Lipinski definition) is 2. The number of fused-ring (bicyclic) bond motifs is 1. The molecule has 0 aliphatic carbocycles. The van der Waals surface area contributed by atoms with Gasteiger partial charge in [0.15, 0.2) is 5.43 Å². The molecule has 0 atom stereocenters. The molecule has 0 saturated carbocycles. The predicted octanol–water partition coefficient (Wildman–Crippen LogP) is 3.85. The van der Waals surface area contributed by atoms with Crippen molar-refractivity contribution in [3.05, 3.63) is 57.5 Å². The van der Waals surface area contributed by atoms with Crippen LogP contribution >= 0.6 is 0 Å². The van der Waals surface area contributed by atoms with Crippen molar-refractivity contribution < 1.29 is 22.7 Å². The van der Waals surface area contributed by atoms with E-state index in [0.29, 0.717) is 22.3 Å². The number of nitrogens with two attached hydrogens (primary N) is 1. The summed E-state index contributed by atoms with van der Waals surface area (Å²) in [4.78, 5) is 31.1. The molecule has 1 amide bonds. The average molecular weight is 419 g/mol. The third-order valence-corrected chi connectivity index (χ3v) is 5.19. The van der Waals surface area contributed by atoms with E-state index in [1.807, 2.05) is 0 Å². The smallest absolute Gasteiger partial charge is 0.398 e. The number of aryl methyl sites for hydroxylation is 1. The first-order valence-corrected chi connectivity index (χ1v) is 8.96. The Morgan fingerprint density at radius 3 is 2.43 bits per heavy atom. The second kappa shape index (κ2) is 7.16. The number of ether oxygens (including phenoxy) is 1. The number of carbonyl (C=O) groups excluding carboxylic acids is 1. The Kier molecular flexibility index (Phi) is 5.09. The van der Waals surface area contributed by atoms with E-state index in [9.17, 15) is 22.8 Å². The SMILES string of the molecule is COc1cc(-c2cc(=O)c3c(C(N)=O)nccc3[nH]2)c(C)cc1C(C)(C)C(F)(F)F. The Labute approximate surface area is 169 Å². The highest BCUT2D eigenvalue weighted by molar-refractivity contribution is 6.03. The number of nitrogens with one attached hydrogen (secondary N) is 1. The quantitative estimate of drug-likeness (QED) is 0.671. The van der Waals surface area contributed by atoms with Gasteiger partial charge in [-0.05, 0) is 38.5 Å². The molecule has 0 aliphatic heterocycles. The van der Waals surface area contributed by atoms with Crippen molar-refractivity contribution in [2.45, 2.75) is 32.4 Å². The van der Waals surface area contributed by atoms with Gasteiger partial charge in [0.05, 0.1) is 29.1 Å². The molecule has 0 aliphatic rings. The molecule has 0 radical (unpaired) electrons. The Morgan fingerprint density at radius 1 is 1.20 bits per heavy atom. The summed E-state index contributed by atoms with van der Waals surface area (Å²) in [5, 5.41) is 0.0493. The second-order valence-electron chi connectivity index (χ2n) is 7.48. The minimum atomic E-state index is -4.48. The lowest BCUT2D eigenvalue weighted by atomic mass is 9.81. The molecule has 2 aromatic heterocycles. The summed E-state index contributed by atoms with van der Waals surface area (Å²) in [5.74, 6) is -0.790. The van der Waals surface area contributed by atoms with Crippen LogP contribution in [0.5, 0.6) is 5.75 Å². The van der Waals surface area contributed by atoms with Crippen LogP contribution in [0.25, 0.3) is 22.2 Å². The molecule has 2 heterocycles. The molecule has 9 heteroatoms. The number of carbonyl (C=O) groups is 1. The predicted molar refractivity (Wildman–Crippen MR) is 107 cm³/mol. The molecular weight excluding hydrogens is 399 g/mol. The van der Waals surface area contributed by atoms with Gasteiger partial charge in [0.1, 0.15) is 11.4 Å². The van der Waals surface area contributed by atoms with Gasteiger partial charge in [0.25, 0.3) is 5.91 Å². The fraction of sp³-hybridized carbons (Fsp3) is 0.286. The monoisotopic (exact) mass is 419 g/mol. The minimum Gasteiger partial charge on any atom is -0.496 e. The highest BCUT2D eigenvalue weighted by atomic mass is 19.4. The van der Waals surface area contributed by atoms with Crippen molar-refractivity contribution in [2.24, 2.45) is 5.73 Å². The van der Waals surface area contributed by atoms with E-state index >= 15 is 0 Å². The Bertz CT molecular complexity index is 1210. The minimum absolute atomic E-state index is 0.0119. The van der Waals surface area contributed by atoms with Crippen molar-refractivity contribution in [3.8, 4) is 17.0 Å². The van der Waals surface area contributed by atoms with E-state index < -0.39 is 22.9 Å². The highest BCUT2D eigenvalue weighted by Crippen LogP contribution is 2.45. The first-order valence-electron chi connectivity index (χ1n) is 8.96. The summed E-state index contributed by atoms with van der Waals surface area (Å²) in [6, 6.07) is 5.64. The number of nitrogens with zero attached hydrogens (tertiary/aromatic N) is 1. The van der Waals surface area contributed by atoms with Gasteiger partial charge in [-0.3, -0.25) is 14.6 Å². The van der Waals surface area contributed by atoms with Crippen LogP contribution in [0.2, 0.25) is 0 Å². The largest absolute Gasteiger partial charge is 0.496 e. The number of alkyl halides is 3. The number of amides is 1. The number of rotatable bonds is 4. The zero-order valence-corrected chi connectivity index (χ0v) is 16.8. The highest BCUT2D eigenvalue weighted by Gasteiger charge is 2.50. The van der Waals surface area contributed by atoms with E-state index in [1.165, 1.54) is 37.6 Å². The van der Waals surface area contributed by atoms with Crippen LogP contribution in [-0.4, -0.2) is 29.2 Å². The van der Waals surface area contributed by atoms with Crippen LogP contribution in [0.4, 0.5) is 13.2 Å². The fourth-order valence-corrected chi connectivity index (χ4v) is 3.32. The summed E-state index contributed by atoms with van der Waals surface area (Å²) < 4.78 is 46.0. The number of pyridine rings is 2. The lowest BCUT2D eigenvalue weighted by Gasteiger charge is -2.30. The standard InChI is InChI=1S/C21H20F3N3O3/c1-10-7-12(20(2,3)21(22,23)24)16(30-4)8-11(10)14-9-15(28)17-13(27-14)5-6-26-18(17)19(25)29/h5-9H,1-4H3,(H2,25,29)(H,27,28). The van der Waals surface area contributed by atoms with Gasteiger partial charge in [-0.15, -0.1) is 0 Å². The summed E-state index contributed by atoms with van der Waals surface area (Å²) >= 11 is 0. The molecule has 0 unspecified atom stereocenters. The maximum absolute atomic E-state index is 13.6. The van der Waals surface area contributed by atoms with Crippen LogP contribution in [0, 0.1) is 6.92 Å². The molecule has 158 valence electrons.